The second-order valence-corrected chi connectivity index (χ2v) is 7.07. The number of hydrogen-bond acceptors (Lipinski definition) is 3. The van der Waals surface area contributed by atoms with Crippen molar-refractivity contribution in [3.63, 3.8) is 0 Å². The molecule has 4 heteroatoms. The Kier molecular flexibility index (Phi) is 3.41. The maximum Gasteiger partial charge on any atom is 0.151 e. The molecule has 0 aliphatic carbocycles. The van der Waals surface area contributed by atoms with E-state index in [4.69, 9.17) is 5.73 Å². The first kappa shape index (κ1) is 13.1. The van der Waals surface area contributed by atoms with E-state index in [1.54, 1.807) is 6.92 Å². The molecule has 0 saturated carbocycles. The molecular formula is C14H17NO2S. The van der Waals surface area contributed by atoms with Crippen LogP contribution in [0.4, 0.5) is 0 Å². The Bertz CT molecular complexity index is 664. The van der Waals surface area contributed by atoms with Crippen LogP contribution in [0, 0.1) is 0 Å². The Morgan fingerprint density at radius 1 is 1.06 bits per heavy atom. The third kappa shape index (κ3) is 2.54. The molecule has 2 unspecified atom stereocenters. The van der Waals surface area contributed by atoms with Gasteiger partial charge in [-0.25, -0.2) is 8.42 Å². The molecule has 2 atom stereocenters. The Balaban J connectivity index is 2.42. The van der Waals surface area contributed by atoms with Crippen LogP contribution < -0.4 is 5.73 Å². The first-order valence-corrected chi connectivity index (χ1v) is 7.78. The molecule has 3 nitrogen and oxygen atoms in total. The van der Waals surface area contributed by atoms with Crippen molar-refractivity contribution in [3.05, 3.63) is 48.0 Å². The molecule has 2 aromatic rings. The average Bonchev–Trinajstić information content (AvgIpc) is 2.35. The zero-order valence-corrected chi connectivity index (χ0v) is 11.3. The van der Waals surface area contributed by atoms with Gasteiger partial charge in [-0.3, -0.25) is 0 Å². The summed E-state index contributed by atoms with van der Waals surface area (Å²) in [6.07, 6.45) is 1.22. The molecule has 2 rings (SSSR count). The Hall–Kier alpha value is -1.39. The van der Waals surface area contributed by atoms with Gasteiger partial charge >= 0.3 is 0 Å². The minimum Gasteiger partial charge on any atom is -0.323 e. The first-order valence-electron chi connectivity index (χ1n) is 5.83. The standard InChI is InChI=1S/C14H17NO2S/c1-10(18(2,16)17)14(15)13-8-7-11-5-3-4-6-12(11)9-13/h3-10,14H,15H2,1-2H3. The third-order valence-corrected chi connectivity index (χ3v) is 4.98. The number of rotatable bonds is 3. The lowest BCUT2D eigenvalue weighted by Crippen LogP contribution is -2.30. The quantitative estimate of drug-likeness (QED) is 0.924. The molecule has 0 heterocycles. The molecule has 0 radical (unpaired) electrons. The summed E-state index contributed by atoms with van der Waals surface area (Å²) in [4.78, 5) is 0. The van der Waals surface area contributed by atoms with E-state index >= 15 is 0 Å². The van der Waals surface area contributed by atoms with Gasteiger partial charge in [-0.05, 0) is 29.3 Å². The van der Waals surface area contributed by atoms with Gasteiger partial charge in [-0.15, -0.1) is 0 Å². The molecule has 0 spiro atoms. The largest absolute Gasteiger partial charge is 0.323 e. The summed E-state index contributed by atoms with van der Waals surface area (Å²) < 4.78 is 23.1. The zero-order chi connectivity index (χ0) is 13.3. The van der Waals surface area contributed by atoms with E-state index < -0.39 is 21.1 Å². The lowest BCUT2D eigenvalue weighted by Gasteiger charge is -2.19. The van der Waals surface area contributed by atoms with E-state index in [-0.39, 0.29) is 0 Å². The fraction of sp³-hybridized carbons (Fsp3) is 0.286. The molecular weight excluding hydrogens is 246 g/mol. The molecule has 96 valence electrons. The van der Waals surface area contributed by atoms with Crippen molar-refractivity contribution in [1.29, 1.82) is 0 Å². The predicted molar refractivity (Wildman–Crippen MR) is 75.2 cm³/mol. The molecule has 0 saturated heterocycles. The third-order valence-electron chi connectivity index (χ3n) is 3.34. The Morgan fingerprint density at radius 3 is 2.28 bits per heavy atom. The Labute approximate surface area is 108 Å². The maximum absolute atomic E-state index is 11.5. The van der Waals surface area contributed by atoms with Gasteiger partial charge in [0, 0.05) is 12.3 Å². The van der Waals surface area contributed by atoms with Gasteiger partial charge in [-0.1, -0.05) is 36.4 Å². The zero-order valence-electron chi connectivity index (χ0n) is 10.5. The molecule has 0 fully saturated rings. The first-order chi connectivity index (χ1) is 8.39. The van der Waals surface area contributed by atoms with E-state index in [0.717, 1.165) is 16.3 Å². The van der Waals surface area contributed by atoms with Crippen LogP contribution in [0.5, 0.6) is 0 Å². The predicted octanol–water partition coefficient (Wildman–Crippen LogP) is 2.27. The average molecular weight is 263 g/mol. The van der Waals surface area contributed by atoms with Crippen LogP contribution in [0.2, 0.25) is 0 Å². The maximum atomic E-state index is 11.5. The lowest BCUT2D eigenvalue weighted by atomic mass is 10.0. The van der Waals surface area contributed by atoms with Gasteiger partial charge in [0.15, 0.2) is 9.84 Å². The minimum absolute atomic E-state index is 0.496. The molecule has 2 aromatic carbocycles. The van der Waals surface area contributed by atoms with E-state index in [1.165, 1.54) is 6.26 Å². The van der Waals surface area contributed by atoms with Crippen molar-refractivity contribution in [1.82, 2.24) is 0 Å². The molecule has 0 bridgehead atoms. The fourth-order valence-electron chi connectivity index (χ4n) is 1.95. The number of nitrogens with two attached hydrogens (primary N) is 1. The van der Waals surface area contributed by atoms with E-state index in [9.17, 15) is 8.42 Å². The molecule has 0 aliphatic heterocycles. The fourth-order valence-corrected chi connectivity index (χ4v) is 2.64. The van der Waals surface area contributed by atoms with E-state index in [1.807, 2.05) is 42.5 Å². The van der Waals surface area contributed by atoms with Crippen molar-refractivity contribution in [2.45, 2.75) is 18.2 Å². The van der Waals surface area contributed by atoms with Crippen LogP contribution in [0.25, 0.3) is 10.8 Å². The van der Waals surface area contributed by atoms with Crippen LogP contribution in [-0.2, 0) is 9.84 Å². The number of sulfone groups is 1. The van der Waals surface area contributed by atoms with Crippen LogP contribution in [0.15, 0.2) is 42.5 Å². The summed E-state index contributed by atoms with van der Waals surface area (Å²) in [6.45, 7) is 1.65. The molecule has 18 heavy (non-hydrogen) atoms. The molecule has 0 amide bonds. The minimum atomic E-state index is -3.13. The monoisotopic (exact) mass is 263 g/mol. The van der Waals surface area contributed by atoms with Crippen LogP contribution >= 0.6 is 0 Å². The normalized spacial score (nSPS) is 15.5. The highest BCUT2D eigenvalue weighted by molar-refractivity contribution is 7.91. The second-order valence-electron chi connectivity index (χ2n) is 4.67. The molecule has 0 aliphatic rings. The van der Waals surface area contributed by atoms with Crippen molar-refractivity contribution in [3.8, 4) is 0 Å². The van der Waals surface area contributed by atoms with Crippen molar-refractivity contribution in [2.24, 2.45) is 5.73 Å². The molecule has 0 aromatic heterocycles. The Morgan fingerprint density at radius 2 is 1.67 bits per heavy atom. The highest BCUT2D eigenvalue weighted by atomic mass is 32.2. The van der Waals surface area contributed by atoms with Gasteiger partial charge < -0.3 is 5.73 Å². The summed E-state index contributed by atoms with van der Waals surface area (Å²) in [7, 11) is -3.13. The summed E-state index contributed by atoms with van der Waals surface area (Å²) in [5.41, 5.74) is 6.89. The number of hydrogen-bond donors (Lipinski definition) is 1. The summed E-state index contributed by atoms with van der Waals surface area (Å²) in [6, 6.07) is 13.3. The van der Waals surface area contributed by atoms with Crippen LogP contribution in [0.3, 0.4) is 0 Å². The molecule has 2 N–H and O–H groups in total. The van der Waals surface area contributed by atoms with Crippen molar-refractivity contribution in [2.75, 3.05) is 6.26 Å². The van der Waals surface area contributed by atoms with Crippen LogP contribution in [0.1, 0.15) is 18.5 Å². The lowest BCUT2D eigenvalue weighted by molar-refractivity contribution is 0.571. The highest BCUT2D eigenvalue weighted by Gasteiger charge is 2.24. The van der Waals surface area contributed by atoms with Crippen molar-refractivity contribution < 1.29 is 8.42 Å². The summed E-state index contributed by atoms with van der Waals surface area (Å²) in [5, 5.41) is 1.62. The van der Waals surface area contributed by atoms with Gasteiger partial charge in [0.25, 0.3) is 0 Å². The second kappa shape index (κ2) is 4.71. The summed E-state index contributed by atoms with van der Waals surface area (Å²) in [5.74, 6) is 0. The number of benzene rings is 2. The topological polar surface area (TPSA) is 60.2 Å². The SMILES string of the molecule is CC(C(N)c1ccc2ccccc2c1)S(C)(=O)=O. The van der Waals surface area contributed by atoms with E-state index in [2.05, 4.69) is 0 Å². The summed E-state index contributed by atoms with van der Waals surface area (Å²) >= 11 is 0. The smallest absolute Gasteiger partial charge is 0.151 e. The van der Waals surface area contributed by atoms with Gasteiger partial charge in [0.2, 0.25) is 0 Å². The van der Waals surface area contributed by atoms with Gasteiger partial charge in [0.1, 0.15) is 0 Å². The number of fused-ring (bicyclic) bond motifs is 1. The highest BCUT2D eigenvalue weighted by Crippen LogP contribution is 2.23. The van der Waals surface area contributed by atoms with Gasteiger partial charge in [-0.2, -0.15) is 0 Å². The van der Waals surface area contributed by atoms with Crippen LogP contribution in [-0.4, -0.2) is 19.9 Å². The van der Waals surface area contributed by atoms with Crippen molar-refractivity contribution >= 4 is 20.6 Å². The van der Waals surface area contributed by atoms with E-state index in [0.29, 0.717) is 0 Å². The van der Waals surface area contributed by atoms with Gasteiger partial charge in [0.05, 0.1) is 5.25 Å².